The molecule has 1 aliphatic rings. The van der Waals surface area contributed by atoms with Gasteiger partial charge in [0.15, 0.2) is 0 Å². The SMILES string of the molecule is CSCCCNC(=O)N1CCC[C@@H](C(=O)O)C1. The first-order valence-corrected chi connectivity index (χ1v) is 7.29. The highest BCUT2D eigenvalue weighted by Gasteiger charge is 2.27. The average Bonchev–Trinajstić information content (AvgIpc) is 2.34. The van der Waals surface area contributed by atoms with Crippen molar-refractivity contribution in [1.82, 2.24) is 10.2 Å². The molecule has 0 aromatic rings. The number of piperidine rings is 1. The van der Waals surface area contributed by atoms with Crippen molar-refractivity contribution in [1.29, 1.82) is 0 Å². The van der Waals surface area contributed by atoms with Crippen LogP contribution in [0.5, 0.6) is 0 Å². The number of hydrogen-bond acceptors (Lipinski definition) is 3. The second-order valence-corrected chi connectivity index (χ2v) is 5.19. The number of aliphatic carboxylic acids is 1. The van der Waals surface area contributed by atoms with E-state index in [-0.39, 0.29) is 6.03 Å². The molecule has 0 spiro atoms. The van der Waals surface area contributed by atoms with Gasteiger partial charge in [-0.15, -0.1) is 0 Å². The van der Waals surface area contributed by atoms with Gasteiger partial charge < -0.3 is 15.3 Å². The number of urea groups is 1. The topological polar surface area (TPSA) is 69.6 Å². The van der Waals surface area contributed by atoms with Gasteiger partial charge in [0.25, 0.3) is 0 Å². The van der Waals surface area contributed by atoms with E-state index in [1.54, 1.807) is 16.7 Å². The van der Waals surface area contributed by atoms with E-state index in [1.165, 1.54) is 0 Å². The predicted molar refractivity (Wildman–Crippen MR) is 68.3 cm³/mol. The van der Waals surface area contributed by atoms with Crippen LogP contribution in [0.4, 0.5) is 4.79 Å². The minimum absolute atomic E-state index is 0.128. The molecule has 17 heavy (non-hydrogen) atoms. The zero-order valence-electron chi connectivity index (χ0n) is 10.1. The number of thioether (sulfide) groups is 1. The molecule has 1 aliphatic heterocycles. The zero-order chi connectivity index (χ0) is 12.7. The van der Waals surface area contributed by atoms with Gasteiger partial charge in [-0.1, -0.05) is 0 Å². The summed E-state index contributed by atoms with van der Waals surface area (Å²) >= 11 is 1.75. The second-order valence-electron chi connectivity index (χ2n) is 4.20. The van der Waals surface area contributed by atoms with Crippen LogP contribution in [0.3, 0.4) is 0 Å². The molecule has 0 aromatic carbocycles. The van der Waals surface area contributed by atoms with Crippen LogP contribution in [-0.2, 0) is 4.79 Å². The van der Waals surface area contributed by atoms with E-state index in [9.17, 15) is 9.59 Å². The van der Waals surface area contributed by atoms with Gasteiger partial charge in [0.1, 0.15) is 0 Å². The standard InChI is InChI=1S/C11H20N2O3S/c1-17-7-3-5-12-11(16)13-6-2-4-9(8-13)10(14)15/h9H,2-8H2,1H3,(H,12,16)(H,14,15)/t9-/m1/s1. The number of carboxylic acids is 1. The highest BCUT2D eigenvalue weighted by Crippen LogP contribution is 2.16. The number of nitrogens with one attached hydrogen (secondary N) is 1. The quantitative estimate of drug-likeness (QED) is 0.730. The smallest absolute Gasteiger partial charge is 0.317 e. The predicted octanol–water partition coefficient (Wildman–Crippen LogP) is 1.25. The van der Waals surface area contributed by atoms with Crippen molar-refractivity contribution in [2.24, 2.45) is 5.92 Å². The summed E-state index contributed by atoms with van der Waals surface area (Å²) in [7, 11) is 0. The molecule has 2 amide bonds. The third-order valence-corrected chi connectivity index (χ3v) is 3.56. The van der Waals surface area contributed by atoms with Crippen molar-refractivity contribution in [3.63, 3.8) is 0 Å². The van der Waals surface area contributed by atoms with Gasteiger partial charge in [-0.2, -0.15) is 11.8 Å². The Bertz CT molecular complexity index is 273. The number of nitrogens with zero attached hydrogens (tertiary/aromatic N) is 1. The van der Waals surface area contributed by atoms with E-state index in [2.05, 4.69) is 5.32 Å². The number of amides is 2. The zero-order valence-corrected chi connectivity index (χ0v) is 11.0. The van der Waals surface area contributed by atoms with Gasteiger partial charge >= 0.3 is 12.0 Å². The van der Waals surface area contributed by atoms with Crippen LogP contribution in [0.1, 0.15) is 19.3 Å². The fraction of sp³-hybridized carbons (Fsp3) is 0.818. The van der Waals surface area contributed by atoms with Gasteiger partial charge in [-0.05, 0) is 31.3 Å². The van der Waals surface area contributed by atoms with Crippen molar-refractivity contribution in [2.45, 2.75) is 19.3 Å². The average molecular weight is 260 g/mol. The summed E-state index contributed by atoms with van der Waals surface area (Å²) in [4.78, 5) is 24.2. The van der Waals surface area contributed by atoms with Crippen molar-refractivity contribution in [3.8, 4) is 0 Å². The van der Waals surface area contributed by atoms with Crippen LogP contribution in [0.15, 0.2) is 0 Å². The van der Waals surface area contributed by atoms with Crippen molar-refractivity contribution in [2.75, 3.05) is 31.6 Å². The first-order valence-electron chi connectivity index (χ1n) is 5.89. The Kier molecular flexibility index (Phi) is 6.18. The van der Waals surface area contributed by atoms with E-state index in [4.69, 9.17) is 5.11 Å². The first-order chi connectivity index (χ1) is 8.15. The maximum absolute atomic E-state index is 11.7. The third-order valence-electron chi connectivity index (χ3n) is 2.86. The molecule has 1 heterocycles. The number of carboxylic acid groups (broad SMARTS) is 1. The first kappa shape index (κ1) is 14.2. The summed E-state index contributed by atoms with van der Waals surface area (Å²) < 4.78 is 0. The van der Waals surface area contributed by atoms with Gasteiger partial charge in [0.2, 0.25) is 0 Å². The van der Waals surface area contributed by atoms with E-state index in [0.717, 1.165) is 18.6 Å². The molecule has 0 aliphatic carbocycles. The molecule has 1 rings (SSSR count). The number of likely N-dealkylation sites (tertiary alicyclic amines) is 1. The summed E-state index contributed by atoms with van der Waals surface area (Å²) in [6.07, 6.45) is 4.42. The highest BCUT2D eigenvalue weighted by molar-refractivity contribution is 7.98. The summed E-state index contributed by atoms with van der Waals surface area (Å²) in [6, 6.07) is -0.128. The minimum atomic E-state index is -0.801. The molecule has 0 aromatic heterocycles. The van der Waals surface area contributed by atoms with E-state index in [0.29, 0.717) is 26.1 Å². The second kappa shape index (κ2) is 7.42. The Labute approximate surface area is 106 Å². The van der Waals surface area contributed by atoms with Crippen LogP contribution in [-0.4, -0.2) is 53.6 Å². The molecule has 0 unspecified atom stereocenters. The van der Waals surface area contributed by atoms with Crippen LogP contribution >= 0.6 is 11.8 Å². The number of rotatable bonds is 5. The fourth-order valence-electron chi connectivity index (χ4n) is 1.89. The minimum Gasteiger partial charge on any atom is -0.481 e. The lowest BCUT2D eigenvalue weighted by molar-refractivity contribution is -0.143. The summed E-state index contributed by atoms with van der Waals surface area (Å²) in [6.45, 7) is 1.66. The van der Waals surface area contributed by atoms with E-state index < -0.39 is 11.9 Å². The molecule has 0 bridgehead atoms. The number of carbonyl (C=O) groups is 2. The maximum Gasteiger partial charge on any atom is 0.317 e. The molecule has 5 nitrogen and oxygen atoms in total. The molecule has 2 N–H and O–H groups in total. The molecule has 6 heteroatoms. The Morgan fingerprint density at radius 2 is 2.29 bits per heavy atom. The van der Waals surface area contributed by atoms with Crippen LogP contribution in [0, 0.1) is 5.92 Å². The molecule has 0 radical (unpaired) electrons. The molecular weight excluding hydrogens is 240 g/mol. The lowest BCUT2D eigenvalue weighted by atomic mass is 9.99. The van der Waals surface area contributed by atoms with Gasteiger partial charge in [0, 0.05) is 19.6 Å². The fourth-order valence-corrected chi connectivity index (χ4v) is 2.32. The monoisotopic (exact) mass is 260 g/mol. The molecule has 1 atom stereocenters. The Morgan fingerprint density at radius 1 is 1.53 bits per heavy atom. The maximum atomic E-state index is 11.7. The van der Waals surface area contributed by atoms with Gasteiger partial charge in [-0.3, -0.25) is 4.79 Å². The Morgan fingerprint density at radius 3 is 2.94 bits per heavy atom. The molecule has 1 saturated heterocycles. The van der Waals surface area contributed by atoms with Crippen molar-refractivity contribution < 1.29 is 14.7 Å². The molecule has 98 valence electrons. The summed E-state index contributed by atoms with van der Waals surface area (Å²) in [5.41, 5.74) is 0. The normalized spacial score (nSPS) is 20.1. The lowest BCUT2D eigenvalue weighted by Crippen LogP contribution is -2.47. The summed E-state index contributed by atoms with van der Waals surface area (Å²) in [5.74, 6) is -0.177. The van der Waals surface area contributed by atoms with E-state index >= 15 is 0 Å². The van der Waals surface area contributed by atoms with Crippen LogP contribution in [0.2, 0.25) is 0 Å². The van der Waals surface area contributed by atoms with Crippen LogP contribution in [0.25, 0.3) is 0 Å². The van der Waals surface area contributed by atoms with E-state index in [1.807, 2.05) is 6.26 Å². The number of hydrogen-bond donors (Lipinski definition) is 2. The number of carbonyl (C=O) groups excluding carboxylic acids is 1. The molecule has 0 saturated carbocycles. The lowest BCUT2D eigenvalue weighted by Gasteiger charge is -2.30. The van der Waals surface area contributed by atoms with Gasteiger partial charge in [-0.25, -0.2) is 4.79 Å². The van der Waals surface area contributed by atoms with Crippen LogP contribution < -0.4 is 5.32 Å². The molecular formula is C11H20N2O3S. The Balaban J connectivity index is 2.28. The molecule has 1 fully saturated rings. The van der Waals surface area contributed by atoms with Crippen molar-refractivity contribution >= 4 is 23.8 Å². The highest BCUT2D eigenvalue weighted by atomic mass is 32.2. The van der Waals surface area contributed by atoms with Crippen molar-refractivity contribution in [3.05, 3.63) is 0 Å². The van der Waals surface area contributed by atoms with Gasteiger partial charge in [0.05, 0.1) is 5.92 Å². The summed E-state index contributed by atoms with van der Waals surface area (Å²) in [5, 5.41) is 11.8. The third kappa shape index (κ3) is 4.85. The Hall–Kier alpha value is -0.910. The largest absolute Gasteiger partial charge is 0.481 e.